The van der Waals surface area contributed by atoms with E-state index in [4.69, 9.17) is 0 Å². The number of nitroso groups, excluding NO2 is 1. The highest BCUT2D eigenvalue weighted by Crippen LogP contribution is 2.29. The predicted molar refractivity (Wildman–Crippen MR) is 54.9 cm³/mol. The Bertz CT molecular complexity index is 467. The molecule has 0 radical (unpaired) electrons. The molecular weight excluding hydrogens is 214 g/mol. The highest BCUT2D eigenvalue weighted by atomic mass is 16.5. The lowest BCUT2D eigenvalue weighted by Gasteiger charge is -2.05. The maximum atomic E-state index is 11.3. The highest BCUT2D eigenvalue weighted by molar-refractivity contribution is 6.02. The Morgan fingerprint density at radius 1 is 1.31 bits per heavy atom. The fourth-order valence-corrected chi connectivity index (χ4v) is 1.21. The molecule has 1 N–H and O–H groups in total. The lowest BCUT2D eigenvalue weighted by Crippen LogP contribution is -2.04. The van der Waals surface area contributed by atoms with E-state index < -0.39 is 17.5 Å². The lowest BCUT2D eigenvalue weighted by atomic mass is 10.0. The molecule has 0 heterocycles. The third-order valence-electron chi connectivity index (χ3n) is 2.00. The molecule has 0 fully saturated rings. The molecule has 0 aliphatic heterocycles. The maximum Gasteiger partial charge on any atom is 0.340 e. The Morgan fingerprint density at radius 3 is 2.38 bits per heavy atom. The van der Waals surface area contributed by atoms with E-state index in [9.17, 15) is 19.6 Å². The van der Waals surface area contributed by atoms with Gasteiger partial charge in [0.05, 0.1) is 18.2 Å². The van der Waals surface area contributed by atoms with E-state index in [0.717, 1.165) is 19.2 Å². The van der Waals surface area contributed by atoms with Gasteiger partial charge in [-0.05, 0) is 18.2 Å². The maximum absolute atomic E-state index is 11.3. The van der Waals surface area contributed by atoms with Crippen LogP contribution in [0.25, 0.3) is 0 Å². The average molecular weight is 223 g/mol. The fourth-order valence-electron chi connectivity index (χ4n) is 1.21. The zero-order chi connectivity index (χ0) is 12.3. The summed E-state index contributed by atoms with van der Waals surface area (Å²) < 4.78 is 4.42. The van der Waals surface area contributed by atoms with Crippen LogP contribution < -0.4 is 0 Å². The summed E-state index contributed by atoms with van der Waals surface area (Å²) >= 11 is 0. The molecular formula is C10H9NO5. The third-order valence-corrected chi connectivity index (χ3v) is 2.00. The monoisotopic (exact) mass is 223 g/mol. The standard InChI is InChI=1S/C10H9NO5/c1-5(12)6-3-7(10(14)16-2)8(11-15)4-9(6)13/h3-4,13H,1-2H3. The Labute approximate surface area is 90.8 Å². The number of nitrogens with zero attached hydrogens (tertiary/aromatic N) is 1. The number of aromatic hydroxyl groups is 1. The minimum Gasteiger partial charge on any atom is -0.507 e. The minimum absolute atomic E-state index is 0.0622. The van der Waals surface area contributed by atoms with Crippen LogP contribution in [0.3, 0.4) is 0 Å². The van der Waals surface area contributed by atoms with Crippen molar-refractivity contribution in [3.8, 4) is 5.75 Å². The summed E-state index contributed by atoms with van der Waals surface area (Å²) in [7, 11) is 1.14. The van der Waals surface area contributed by atoms with Crippen LogP contribution in [0.1, 0.15) is 27.6 Å². The van der Waals surface area contributed by atoms with Gasteiger partial charge in [-0.3, -0.25) is 4.79 Å². The largest absolute Gasteiger partial charge is 0.507 e. The first kappa shape index (κ1) is 11.8. The Kier molecular flexibility index (Phi) is 3.34. The average Bonchev–Trinajstić information content (AvgIpc) is 2.27. The molecule has 6 heteroatoms. The number of hydrogen-bond donors (Lipinski definition) is 1. The van der Waals surface area contributed by atoms with Crippen molar-refractivity contribution in [1.82, 2.24) is 0 Å². The second-order valence-corrected chi connectivity index (χ2v) is 3.03. The summed E-state index contributed by atoms with van der Waals surface area (Å²) in [5.74, 6) is -1.62. The molecule has 16 heavy (non-hydrogen) atoms. The fraction of sp³-hybridized carbons (Fsp3) is 0.200. The Balaban J connectivity index is 3.46. The normalized spacial score (nSPS) is 9.62. The Hall–Kier alpha value is -2.24. The zero-order valence-electron chi connectivity index (χ0n) is 8.68. The topological polar surface area (TPSA) is 93.0 Å². The van der Waals surface area contributed by atoms with E-state index in [-0.39, 0.29) is 16.8 Å². The molecule has 0 aliphatic carbocycles. The van der Waals surface area contributed by atoms with E-state index in [0.29, 0.717) is 0 Å². The number of phenols is 1. The smallest absolute Gasteiger partial charge is 0.340 e. The third kappa shape index (κ3) is 2.05. The van der Waals surface area contributed by atoms with Crippen LogP contribution >= 0.6 is 0 Å². The van der Waals surface area contributed by atoms with Crippen molar-refractivity contribution in [2.75, 3.05) is 7.11 Å². The molecule has 0 aliphatic rings. The van der Waals surface area contributed by atoms with Crippen molar-refractivity contribution in [3.63, 3.8) is 0 Å². The summed E-state index contributed by atoms with van der Waals surface area (Å²) in [4.78, 5) is 32.8. The van der Waals surface area contributed by atoms with E-state index >= 15 is 0 Å². The molecule has 0 spiro atoms. The molecule has 0 saturated carbocycles. The summed E-state index contributed by atoms with van der Waals surface area (Å²) in [6, 6.07) is 2.04. The second-order valence-electron chi connectivity index (χ2n) is 3.03. The van der Waals surface area contributed by atoms with Gasteiger partial charge in [-0.1, -0.05) is 0 Å². The van der Waals surface area contributed by atoms with Crippen molar-refractivity contribution >= 4 is 17.4 Å². The number of esters is 1. The summed E-state index contributed by atoms with van der Waals surface area (Å²) in [5, 5.41) is 12.0. The van der Waals surface area contributed by atoms with Gasteiger partial charge >= 0.3 is 5.97 Å². The van der Waals surface area contributed by atoms with Crippen LogP contribution in [0, 0.1) is 4.91 Å². The van der Waals surface area contributed by atoms with E-state index in [1.807, 2.05) is 0 Å². The molecule has 84 valence electrons. The number of methoxy groups -OCH3 is 1. The van der Waals surface area contributed by atoms with Crippen LogP contribution in [-0.4, -0.2) is 24.0 Å². The summed E-state index contributed by atoms with van der Waals surface area (Å²) in [5.41, 5.74) is -0.484. The first-order chi connectivity index (χ1) is 7.51. The van der Waals surface area contributed by atoms with Gasteiger partial charge in [0, 0.05) is 6.07 Å². The molecule has 0 saturated heterocycles. The number of rotatable bonds is 3. The minimum atomic E-state index is -0.794. The molecule has 6 nitrogen and oxygen atoms in total. The lowest BCUT2D eigenvalue weighted by molar-refractivity contribution is 0.0601. The van der Waals surface area contributed by atoms with E-state index in [1.54, 1.807) is 0 Å². The SMILES string of the molecule is COC(=O)c1cc(C(C)=O)c(O)cc1N=O. The predicted octanol–water partition coefficient (Wildman–Crippen LogP) is 1.78. The van der Waals surface area contributed by atoms with Crippen LogP contribution in [-0.2, 0) is 4.74 Å². The molecule has 0 atom stereocenters. The number of benzene rings is 1. The van der Waals surface area contributed by atoms with Gasteiger partial charge < -0.3 is 9.84 Å². The van der Waals surface area contributed by atoms with E-state index in [1.165, 1.54) is 6.92 Å². The molecule has 0 bridgehead atoms. The van der Waals surface area contributed by atoms with Crippen LogP contribution in [0.5, 0.6) is 5.75 Å². The van der Waals surface area contributed by atoms with Gasteiger partial charge in [-0.2, -0.15) is 0 Å². The summed E-state index contributed by atoms with van der Waals surface area (Å²) in [6.07, 6.45) is 0. The van der Waals surface area contributed by atoms with Crippen molar-refractivity contribution in [2.24, 2.45) is 5.18 Å². The van der Waals surface area contributed by atoms with Gasteiger partial charge in [0.1, 0.15) is 11.4 Å². The van der Waals surface area contributed by atoms with Gasteiger partial charge in [0.2, 0.25) is 0 Å². The van der Waals surface area contributed by atoms with Crippen LogP contribution in [0.15, 0.2) is 17.3 Å². The number of carbonyl (C=O) groups is 2. The number of Topliss-reactive ketones (excluding diaryl/α,β-unsaturated/α-hetero) is 1. The quantitative estimate of drug-likeness (QED) is 0.479. The first-order valence-corrected chi connectivity index (χ1v) is 4.31. The number of ether oxygens (including phenoxy) is 1. The molecule has 0 aromatic heterocycles. The van der Waals surface area contributed by atoms with Crippen LogP contribution in [0.4, 0.5) is 5.69 Å². The van der Waals surface area contributed by atoms with Gasteiger partial charge in [-0.15, -0.1) is 4.91 Å². The van der Waals surface area contributed by atoms with Crippen molar-refractivity contribution < 1.29 is 19.4 Å². The Morgan fingerprint density at radius 2 is 1.94 bits per heavy atom. The van der Waals surface area contributed by atoms with Gasteiger partial charge in [0.15, 0.2) is 5.78 Å². The molecule has 1 aromatic rings. The van der Waals surface area contributed by atoms with E-state index in [2.05, 4.69) is 9.91 Å². The number of phenolic OH excluding ortho intramolecular Hbond substituents is 1. The summed E-state index contributed by atoms with van der Waals surface area (Å²) in [6.45, 7) is 1.23. The zero-order valence-corrected chi connectivity index (χ0v) is 8.68. The number of ketones is 1. The molecule has 0 unspecified atom stereocenters. The van der Waals surface area contributed by atoms with Crippen LogP contribution in [0.2, 0.25) is 0 Å². The van der Waals surface area contributed by atoms with Crippen molar-refractivity contribution in [1.29, 1.82) is 0 Å². The number of hydrogen-bond acceptors (Lipinski definition) is 6. The van der Waals surface area contributed by atoms with Gasteiger partial charge in [0.25, 0.3) is 0 Å². The second kappa shape index (κ2) is 4.52. The van der Waals surface area contributed by atoms with Crippen molar-refractivity contribution in [3.05, 3.63) is 28.2 Å². The first-order valence-electron chi connectivity index (χ1n) is 4.31. The number of carbonyl (C=O) groups excluding carboxylic acids is 2. The van der Waals surface area contributed by atoms with Gasteiger partial charge in [-0.25, -0.2) is 4.79 Å². The van der Waals surface area contributed by atoms with Crippen molar-refractivity contribution in [2.45, 2.75) is 6.92 Å². The highest BCUT2D eigenvalue weighted by Gasteiger charge is 2.18. The molecule has 0 amide bonds. The molecule has 1 rings (SSSR count). The molecule has 1 aromatic carbocycles.